The van der Waals surface area contributed by atoms with Crippen molar-refractivity contribution >= 4 is 46.5 Å². The number of unbranched alkanes of at least 4 members (excludes halogenated alkanes) is 2. The van der Waals surface area contributed by atoms with Crippen molar-refractivity contribution in [1.82, 2.24) is 34.7 Å². The van der Waals surface area contributed by atoms with E-state index >= 15 is 0 Å². The van der Waals surface area contributed by atoms with E-state index in [-0.39, 0.29) is 6.03 Å². The smallest absolute Gasteiger partial charge is 0.323 e. The molecule has 14 nitrogen and oxygen atoms in total. The van der Waals surface area contributed by atoms with Gasteiger partial charge in [-0.05, 0) is 74.9 Å². The molecule has 2 amide bonds. The maximum Gasteiger partial charge on any atom is 0.323 e. The molecule has 1 aromatic carbocycles. The molecule has 0 saturated heterocycles. The van der Waals surface area contributed by atoms with Crippen LogP contribution in [0, 0.1) is 25.2 Å². The summed E-state index contributed by atoms with van der Waals surface area (Å²) in [6, 6.07) is 10.7. The minimum absolute atomic E-state index is 0.332. The molecule has 254 valence electrons. The van der Waals surface area contributed by atoms with Crippen LogP contribution >= 0.6 is 0 Å². The lowest BCUT2D eigenvalue weighted by atomic mass is 10.0. The van der Waals surface area contributed by atoms with Gasteiger partial charge in [-0.2, -0.15) is 15.3 Å². The number of anilines is 2. The Kier molecular flexibility index (Phi) is 10.3. The lowest BCUT2D eigenvalue weighted by molar-refractivity contribution is -0.107. The fourth-order valence-corrected chi connectivity index (χ4v) is 6.25. The second-order valence-electron chi connectivity index (χ2n) is 12.2. The zero-order valence-electron chi connectivity index (χ0n) is 27.8. The Bertz CT molecular complexity index is 2200. The van der Waals surface area contributed by atoms with Crippen LogP contribution in [0.2, 0.25) is 0 Å². The third kappa shape index (κ3) is 7.41. The fourth-order valence-electron chi connectivity index (χ4n) is 6.25. The summed E-state index contributed by atoms with van der Waals surface area (Å²) in [4.78, 5) is 50.2. The molecule has 5 aromatic heterocycles. The van der Waals surface area contributed by atoms with Crippen LogP contribution in [-0.2, 0) is 11.2 Å². The highest BCUT2D eigenvalue weighted by atomic mass is 16.5. The van der Waals surface area contributed by atoms with Gasteiger partial charge in [0.15, 0.2) is 5.65 Å². The van der Waals surface area contributed by atoms with E-state index in [0.29, 0.717) is 58.8 Å². The molecule has 1 fully saturated rings. The van der Waals surface area contributed by atoms with E-state index in [9.17, 15) is 14.4 Å². The predicted molar refractivity (Wildman–Crippen MR) is 186 cm³/mol. The number of benzene rings is 1. The number of carbonyl (C=O) groups excluding carboxylic acids is 3. The number of aromatic nitrogens is 7. The summed E-state index contributed by atoms with van der Waals surface area (Å²) in [7, 11) is 0. The zero-order valence-corrected chi connectivity index (χ0v) is 27.8. The number of hydrogen-bond acceptors (Lipinski definition) is 10. The van der Waals surface area contributed by atoms with Crippen molar-refractivity contribution < 1.29 is 18.9 Å². The SMILES string of the molecule is Cc1c(C=O)ccc2[nH]c(C#N)cc12.Cc1cc(NC(=O)Nc2cnc3ccnn3c2C2CCCC2)cnc1-c1noc(CCCCC=O)n1. The van der Waals surface area contributed by atoms with Gasteiger partial charge in [-0.3, -0.25) is 9.78 Å². The number of carbonyl (C=O) groups is 3. The van der Waals surface area contributed by atoms with Gasteiger partial charge in [-0.1, -0.05) is 18.0 Å². The number of amides is 2. The molecular formula is C36H36N10O4. The third-order valence-electron chi connectivity index (χ3n) is 8.78. The molecule has 0 aliphatic heterocycles. The Morgan fingerprint density at radius 2 is 1.94 bits per heavy atom. The van der Waals surface area contributed by atoms with Crippen LogP contribution in [0.3, 0.4) is 0 Å². The number of aryl methyl sites for hydroxylation is 3. The molecule has 0 unspecified atom stereocenters. The van der Waals surface area contributed by atoms with Crippen LogP contribution in [0.4, 0.5) is 16.2 Å². The molecule has 0 atom stereocenters. The molecule has 5 heterocycles. The molecule has 0 spiro atoms. The third-order valence-corrected chi connectivity index (χ3v) is 8.78. The molecule has 7 rings (SSSR count). The summed E-state index contributed by atoms with van der Waals surface area (Å²) < 4.78 is 7.14. The Labute approximate surface area is 287 Å². The van der Waals surface area contributed by atoms with Crippen molar-refractivity contribution in [2.75, 3.05) is 10.6 Å². The number of H-pyrrole nitrogens is 1. The van der Waals surface area contributed by atoms with Crippen molar-refractivity contribution in [3.8, 4) is 17.6 Å². The normalized spacial score (nSPS) is 12.7. The van der Waals surface area contributed by atoms with Crippen LogP contribution in [0.15, 0.2) is 53.4 Å². The maximum atomic E-state index is 12.9. The van der Waals surface area contributed by atoms with Gasteiger partial charge in [0, 0.05) is 41.3 Å². The average molecular weight is 673 g/mol. The zero-order chi connectivity index (χ0) is 35.0. The highest BCUT2D eigenvalue weighted by Crippen LogP contribution is 2.37. The van der Waals surface area contributed by atoms with Crippen molar-refractivity contribution in [3.05, 3.63) is 82.9 Å². The average Bonchev–Trinajstić information content (AvgIpc) is 3.95. The van der Waals surface area contributed by atoms with Gasteiger partial charge in [0.25, 0.3) is 0 Å². The quantitative estimate of drug-likeness (QED) is 0.102. The minimum Gasteiger partial charge on any atom is -0.346 e. The molecule has 14 heteroatoms. The number of aldehydes is 2. The van der Waals surface area contributed by atoms with Gasteiger partial charge < -0.3 is 24.9 Å². The maximum absolute atomic E-state index is 12.9. The summed E-state index contributed by atoms with van der Waals surface area (Å²) in [6.07, 6.45) is 13.9. The van der Waals surface area contributed by atoms with E-state index in [2.05, 4.69) is 40.8 Å². The number of nitrogens with one attached hydrogen (secondary N) is 3. The molecule has 3 N–H and O–H groups in total. The first kappa shape index (κ1) is 33.7. The molecule has 1 saturated carbocycles. The van der Waals surface area contributed by atoms with E-state index in [4.69, 9.17) is 9.78 Å². The summed E-state index contributed by atoms with van der Waals surface area (Å²) >= 11 is 0. The van der Waals surface area contributed by atoms with Crippen molar-refractivity contribution in [1.29, 1.82) is 5.26 Å². The molecule has 0 bridgehead atoms. The van der Waals surface area contributed by atoms with Gasteiger partial charge in [0.2, 0.25) is 11.7 Å². The summed E-state index contributed by atoms with van der Waals surface area (Å²) in [6.45, 7) is 3.75. The van der Waals surface area contributed by atoms with Crippen LogP contribution in [-0.4, -0.2) is 53.3 Å². The lowest BCUT2D eigenvalue weighted by Crippen LogP contribution is -2.22. The molecule has 1 aliphatic carbocycles. The van der Waals surface area contributed by atoms with Gasteiger partial charge in [-0.15, -0.1) is 0 Å². The van der Waals surface area contributed by atoms with Gasteiger partial charge in [-0.25, -0.2) is 14.3 Å². The van der Waals surface area contributed by atoms with Gasteiger partial charge in [0.1, 0.15) is 30.0 Å². The van der Waals surface area contributed by atoms with Crippen molar-refractivity contribution in [3.63, 3.8) is 0 Å². The lowest BCUT2D eigenvalue weighted by Gasteiger charge is -2.17. The van der Waals surface area contributed by atoms with Gasteiger partial charge in [0.05, 0.1) is 35.7 Å². The Hall–Kier alpha value is -6.23. The standard InChI is InChI=1S/C25H28N8O3.C11H8N2O/c1-16-13-18(14-27-22(16)24-31-21(36-32-24)9-3-2-6-12-34)29-25(35)30-19-15-26-20-10-11-28-33(20)23(19)17-7-4-5-8-17;1-7-8(6-14)2-3-11-10(7)4-9(5-12)13-11/h10-15,17H,2-9H2,1H3,(H2,29,30,35);2-4,6,13H,1H3. The molecule has 0 radical (unpaired) electrons. The number of nitrogens with zero attached hydrogens (tertiary/aromatic N) is 7. The van der Waals surface area contributed by atoms with Gasteiger partial charge >= 0.3 is 6.03 Å². The number of aromatic amines is 1. The first-order chi connectivity index (χ1) is 24.4. The Morgan fingerprint density at radius 3 is 2.70 bits per heavy atom. The second kappa shape index (κ2) is 15.3. The largest absolute Gasteiger partial charge is 0.346 e. The van der Waals surface area contributed by atoms with Crippen LogP contribution in [0.1, 0.15) is 89.6 Å². The first-order valence-electron chi connectivity index (χ1n) is 16.5. The molecule has 6 aromatic rings. The second-order valence-corrected chi connectivity index (χ2v) is 12.2. The van der Waals surface area contributed by atoms with Crippen molar-refractivity contribution in [2.45, 2.75) is 71.1 Å². The highest BCUT2D eigenvalue weighted by molar-refractivity contribution is 6.00. The van der Waals surface area contributed by atoms with Crippen molar-refractivity contribution in [2.24, 2.45) is 0 Å². The fraction of sp³-hybridized carbons (Fsp3) is 0.306. The number of urea groups is 1. The molecule has 50 heavy (non-hydrogen) atoms. The summed E-state index contributed by atoms with van der Waals surface area (Å²) in [5.41, 5.74) is 7.33. The molecular weight excluding hydrogens is 636 g/mol. The Balaban J connectivity index is 0.000000257. The monoisotopic (exact) mass is 672 g/mol. The summed E-state index contributed by atoms with van der Waals surface area (Å²) in [5, 5.41) is 23.9. The summed E-state index contributed by atoms with van der Waals surface area (Å²) in [5.74, 6) is 1.24. The van der Waals surface area contributed by atoms with E-state index in [1.54, 1.807) is 30.7 Å². The Morgan fingerprint density at radius 1 is 1.10 bits per heavy atom. The van der Waals surface area contributed by atoms with E-state index in [0.717, 1.165) is 71.6 Å². The number of rotatable bonds is 10. The van der Waals surface area contributed by atoms with Crippen LogP contribution in [0.5, 0.6) is 0 Å². The first-order valence-corrected chi connectivity index (χ1v) is 16.5. The van der Waals surface area contributed by atoms with E-state index in [1.807, 2.05) is 42.6 Å². The number of fused-ring (bicyclic) bond motifs is 2. The predicted octanol–water partition coefficient (Wildman–Crippen LogP) is 6.86. The number of nitriles is 1. The van der Waals surface area contributed by atoms with Crippen LogP contribution in [0.25, 0.3) is 28.1 Å². The highest BCUT2D eigenvalue weighted by Gasteiger charge is 2.25. The van der Waals surface area contributed by atoms with Crippen LogP contribution < -0.4 is 10.6 Å². The minimum atomic E-state index is -0.381. The number of pyridine rings is 1. The van der Waals surface area contributed by atoms with E-state index in [1.165, 1.54) is 12.8 Å². The topological polar surface area (TPSA) is 197 Å². The molecule has 1 aliphatic rings. The van der Waals surface area contributed by atoms with E-state index < -0.39 is 0 Å². The number of hydrogen-bond donors (Lipinski definition) is 3.